The van der Waals surface area contributed by atoms with Crippen LogP contribution in [0.2, 0.25) is 0 Å². The Kier molecular flexibility index (Phi) is 7.53. The van der Waals surface area contributed by atoms with Crippen LogP contribution in [0.5, 0.6) is 0 Å². The molecule has 0 fully saturated rings. The lowest BCUT2D eigenvalue weighted by atomic mass is 9.97. The number of anilines is 3. The maximum Gasteiger partial charge on any atom is 0.143 e. The van der Waals surface area contributed by atoms with Gasteiger partial charge < -0.3 is 9.32 Å². The minimum absolute atomic E-state index is 0.893. The number of rotatable bonds is 6. The number of nitrogens with zero attached hydrogens (tertiary/aromatic N) is 1. The zero-order chi connectivity index (χ0) is 37.0. The highest BCUT2D eigenvalue weighted by molar-refractivity contribution is 6.15. The molecule has 0 spiro atoms. The van der Waals surface area contributed by atoms with E-state index in [1.807, 2.05) is 0 Å². The smallest absolute Gasteiger partial charge is 0.143 e. The number of hydrogen-bond donors (Lipinski definition) is 0. The molecular formula is C54H35NO. The highest BCUT2D eigenvalue weighted by atomic mass is 16.3. The fourth-order valence-electron chi connectivity index (χ4n) is 8.38. The molecule has 0 unspecified atom stereocenters. The zero-order valence-corrected chi connectivity index (χ0v) is 30.6. The first kappa shape index (κ1) is 32.0. The van der Waals surface area contributed by atoms with Gasteiger partial charge in [0.15, 0.2) is 0 Å². The Morgan fingerprint density at radius 3 is 1.71 bits per heavy atom. The Balaban J connectivity index is 1.02. The van der Waals surface area contributed by atoms with Gasteiger partial charge in [0.2, 0.25) is 0 Å². The second-order valence-corrected chi connectivity index (χ2v) is 14.6. The average Bonchev–Trinajstić information content (AvgIpc) is 3.65. The van der Waals surface area contributed by atoms with Crippen molar-refractivity contribution in [2.24, 2.45) is 0 Å². The molecule has 0 saturated heterocycles. The van der Waals surface area contributed by atoms with Crippen molar-refractivity contribution in [3.05, 3.63) is 212 Å². The van der Waals surface area contributed by atoms with E-state index in [1.165, 1.54) is 49.2 Å². The second kappa shape index (κ2) is 13.2. The van der Waals surface area contributed by atoms with E-state index >= 15 is 0 Å². The summed E-state index contributed by atoms with van der Waals surface area (Å²) in [5.41, 5.74) is 12.2. The first-order chi connectivity index (χ1) is 27.7. The summed E-state index contributed by atoms with van der Waals surface area (Å²) in [6.45, 7) is 0. The highest BCUT2D eigenvalue weighted by Crippen LogP contribution is 2.44. The highest BCUT2D eigenvalue weighted by Gasteiger charge is 2.19. The number of benzene rings is 10. The summed E-state index contributed by atoms with van der Waals surface area (Å²) in [4.78, 5) is 2.39. The van der Waals surface area contributed by atoms with Gasteiger partial charge in [-0.2, -0.15) is 0 Å². The van der Waals surface area contributed by atoms with Crippen LogP contribution in [0.25, 0.3) is 87.6 Å². The molecule has 0 N–H and O–H groups in total. The molecule has 0 saturated carbocycles. The van der Waals surface area contributed by atoms with Crippen molar-refractivity contribution in [2.75, 3.05) is 4.90 Å². The average molecular weight is 714 g/mol. The normalized spacial score (nSPS) is 11.6. The van der Waals surface area contributed by atoms with E-state index < -0.39 is 0 Å². The second-order valence-electron chi connectivity index (χ2n) is 14.6. The van der Waals surface area contributed by atoms with Gasteiger partial charge in [0.1, 0.15) is 11.2 Å². The fraction of sp³-hybridized carbons (Fsp3) is 0. The molecule has 0 aliphatic rings. The van der Waals surface area contributed by atoms with Gasteiger partial charge >= 0.3 is 0 Å². The summed E-state index contributed by atoms with van der Waals surface area (Å²) in [5.74, 6) is 0. The minimum atomic E-state index is 0.893. The first-order valence-electron chi connectivity index (χ1n) is 19.2. The third-order valence-corrected chi connectivity index (χ3v) is 11.2. The number of para-hydroxylation sites is 1. The van der Waals surface area contributed by atoms with Crippen molar-refractivity contribution in [3.8, 4) is 33.4 Å². The molecular weight excluding hydrogens is 679 g/mol. The number of furan rings is 1. The third kappa shape index (κ3) is 5.51. The van der Waals surface area contributed by atoms with E-state index in [0.717, 1.165) is 55.5 Å². The molecule has 0 aliphatic carbocycles. The minimum Gasteiger partial charge on any atom is -0.455 e. The van der Waals surface area contributed by atoms with Crippen molar-refractivity contribution in [1.29, 1.82) is 0 Å². The molecule has 1 heterocycles. The molecule has 0 bridgehead atoms. The van der Waals surface area contributed by atoms with Gasteiger partial charge in [0, 0.05) is 33.1 Å². The van der Waals surface area contributed by atoms with Crippen molar-refractivity contribution < 1.29 is 4.42 Å². The van der Waals surface area contributed by atoms with Crippen molar-refractivity contribution in [1.82, 2.24) is 0 Å². The van der Waals surface area contributed by atoms with Crippen molar-refractivity contribution in [2.45, 2.75) is 0 Å². The lowest BCUT2D eigenvalue weighted by Gasteiger charge is -2.28. The molecule has 0 aliphatic heterocycles. The van der Waals surface area contributed by atoms with Crippen LogP contribution in [0.1, 0.15) is 0 Å². The Morgan fingerprint density at radius 2 is 0.893 bits per heavy atom. The zero-order valence-electron chi connectivity index (χ0n) is 30.6. The monoisotopic (exact) mass is 713 g/mol. The molecule has 11 aromatic rings. The summed E-state index contributed by atoms with van der Waals surface area (Å²) in [7, 11) is 0. The Hall–Kier alpha value is -7.42. The summed E-state index contributed by atoms with van der Waals surface area (Å²) < 4.78 is 6.50. The lowest BCUT2D eigenvalue weighted by Crippen LogP contribution is -2.11. The van der Waals surface area contributed by atoms with E-state index in [0.29, 0.717) is 0 Å². The van der Waals surface area contributed by atoms with Crippen LogP contribution in [0.4, 0.5) is 17.1 Å². The largest absolute Gasteiger partial charge is 0.455 e. The van der Waals surface area contributed by atoms with Gasteiger partial charge in [-0.25, -0.2) is 0 Å². The third-order valence-electron chi connectivity index (χ3n) is 11.2. The topological polar surface area (TPSA) is 16.4 Å². The summed E-state index contributed by atoms with van der Waals surface area (Å²) in [6.07, 6.45) is 0. The Bertz CT molecular complexity index is 3260. The van der Waals surface area contributed by atoms with Gasteiger partial charge in [-0.1, -0.05) is 152 Å². The van der Waals surface area contributed by atoms with E-state index in [-0.39, 0.29) is 0 Å². The Labute approximate surface area is 325 Å². The molecule has 1 aromatic heterocycles. The van der Waals surface area contributed by atoms with Gasteiger partial charge in [0.25, 0.3) is 0 Å². The quantitative estimate of drug-likeness (QED) is 0.171. The van der Waals surface area contributed by atoms with Crippen molar-refractivity contribution >= 4 is 71.3 Å². The van der Waals surface area contributed by atoms with Gasteiger partial charge in [-0.3, -0.25) is 0 Å². The molecule has 0 amide bonds. The molecule has 2 heteroatoms. The van der Waals surface area contributed by atoms with Crippen LogP contribution in [-0.2, 0) is 0 Å². The molecule has 56 heavy (non-hydrogen) atoms. The predicted molar refractivity (Wildman–Crippen MR) is 237 cm³/mol. The number of hydrogen-bond acceptors (Lipinski definition) is 2. The Morgan fingerprint density at radius 1 is 0.304 bits per heavy atom. The standard InChI is InChI=1S/C54H35NO/c1-3-13-40-33-44(21-20-36(40)10-1)42-16-9-15-41(32-42)38-22-27-46(28-23-38)55(47-29-24-37-11-2-4-14-43(37)34-47)52-19-8-7-17-48(52)45-26-31-53-51(35-45)50-30-25-39-12-5-6-18-49(39)54(50)56-53/h1-35H. The molecule has 0 atom stereocenters. The van der Waals surface area contributed by atoms with E-state index in [2.05, 4.69) is 217 Å². The summed E-state index contributed by atoms with van der Waals surface area (Å²) in [5, 5.41) is 9.48. The van der Waals surface area contributed by atoms with Crippen LogP contribution >= 0.6 is 0 Å². The fourth-order valence-corrected chi connectivity index (χ4v) is 8.38. The SMILES string of the molecule is c1cc(-c2ccc(N(c3ccc4ccccc4c3)c3ccccc3-c3ccc4oc5c6ccccc6ccc5c4c3)cc2)cc(-c2ccc3ccccc3c2)c1. The molecule has 2 nitrogen and oxygen atoms in total. The lowest BCUT2D eigenvalue weighted by molar-refractivity contribution is 0.672. The molecule has 10 aromatic carbocycles. The van der Waals surface area contributed by atoms with Crippen LogP contribution in [0.15, 0.2) is 217 Å². The van der Waals surface area contributed by atoms with E-state index in [1.54, 1.807) is 0 Å². The first-order valence-corrected chi connectivity index (χ1v) is 19.2. The molecule has 11 rings (SSSR count). The van der Waals surface area contributed by atoms with Crippen LogP contribution in [0, 0.1) is 0 Å². The van der Waals surface area contributed by atoms with Gasteiger partial charge in [-0.15, -0.1) is 0 Å². The van der Waals surface area contributed by atoms with E-state index in [9.17, 15) is 0 Å². The predicted octanol–water partition coefficient (Wildman–Crippen LogP) is 15.5. The van der Waals surface area contributed by atoms with E-state index in [4.69, 9.17) is 4.42 Å². The van der Waals surface area contributed by atoms with Gasteiger partial charge in [0.05, 0.1) is 5.69 Å². The maximum absolute atomic E-state index is 6.50. The molecule has 262 valence electrons. The van der Waals surface area contributed by atoms with Crippen molar-refractivity contribution in [3.63, 3.8) is 0 Å². The van der Waals surface area contributed by atoms with Crippen LogP contribution < -0.4 is 4.90 Å². The summed E-state index contributed by atoms with van der Waals surface area (Å²) >= 11 is 0. The maximum atomic E-state index is 6.50. The van der Waals surface area contributed by atoms with Crippen LogP contribution in [-0.4, -0.2) is 0 Å². The number of fused-ring (bicyclic) bond motifs is 7. The molecule has 0 radical (unpaired) electrons. The summed E-state index contributed by atoms with van der Waals surface area (Å²) in [6, 6.07) is 76.6. The van der Waals surface area contributed by atoms with Crippen LogP contribution in [0.3, 0.4) is 0 Å². The van der Waals surface area contributed by atoms with Gasteiger partial charge in [-0.05, 0) is 115 Å².